The minimum atomic E-state index is -1.57. The lowest BCUT2D eigenvalue weighted by Gasteiger charge is -2.35. The molecule has 3 rings (SSSR count). The lowest BCUT2D eigenvalue weighted by Crippen LogP contribution is -2.61. The summed E-state index contributed by atoms with van der Waals surface area (Å²) in [6.45, 7) is -0.108. The van der Waals surface area contributed by atoms with Crippen LogP contribution in [0.2, 0.25) is 0 Å². The Hall–Kier alpha value is -4.62. The molecule has 1 aliphatic rings. The molecule has 13 nitrogen and oxygen atoms in total. The van der Waals surface area contributed by atoms with Gasteiger partial charge >= 0.3 is 5.97 Å². The zero-order valence-corrected chi connectivity index (χ0v) is 21.7. The van der Waals surface area contributed by atoms with E-state index in [-0.39, 0.29) is 24.2 Å². The number of hydrogen-bond donors (Lipinski definition) is 8. The van der Waals surface area contributed by atoms with Crippen LogP contribution in [0, 0.1) is 5.41 Å². The Bertz CT molecular complexity index is 1290. The van der Waals surface area contributed by atoms with Crippen molar-refractivity contribution >= 4 is 35.4 Å². The largest absolute Gasteiger partial charge is 0.481 e. The highest BCUT2D eigenvalue weighted by Gasteiger charge is 2.45. The molecule has 2 aromatic carbocycles. The Labute approximate surface area is 230 Å². The number of fused-ring (bicyclic) bond motifs is 1. The maximum atomic E-state index is 13.4. The van der Waals surface area contributed by atoms with Gasteiger partial charge in [-0.2, -0.15) is 0 Å². The van der Waals surface area contributed by atoms with Gasteiger partial charge in [0.1, 0.15) is 11.6 Å². The average Bonchev–Trinajstić information content (AvgIpc) is 3.36. The summed E-state index contributed by atoms with van der Waals surface area (Å²) in [4.78, 5) is 62.3. The molecule has 4 amide bonds. The fourth-order valence-electron chi connectivity index (χ4n) is 4.53. The number of benzene rings is 2. The van der Waals surface area contributed by atoms with Crippen molar-refractivity contribution in [1.82, 2.24) is 21.3 Å². The maximum Gasteiger partial charge on any atom is 0.305 e. The van der Waals surface area contributed by atoms with E-state index >= 15 is 0 Å². The molecule has 212 valence electrons. The smallest absolute Gasteiger partial charge is 0.305 e. The Morgan fingerprint density at radius 3 is 2.42 bits per heavy atom. The molecule has 0 fully saturated rings. The molecule has 1 aliphatic heterocycles. The first-order chi connectivity index (χ1) is 19.0. The van der Waals surface area contributed by atoms with Crippen molar-refractivity contribution in [2.45, 2.75) is 49.9 Å². The molecule has 0 spiro atoms. The third-order valence-electron chi connectivity index (χ3n) is 6.55. The highest BCUT2D eigenvalue weighted by molar-refractivity contribution is 6.07. The summed E-state index contributed by atoms with van der Waals surface area (Å²) in [5.41, 5.74) is 12.6. The number of carbonyl (C=O) groups excluding carboxylic acids is 4. The summed E-state index contributed by atoms with van der Waals surface area (Å²) in [7, 11) is 0. The number of aliphatic carboxylic acids is 1. The number of nitrogens with one attached hydrogen (secondary N) is 5. The number of imide groups is 1. The second-order valence-corrected chi connectivity index (χ2v) is 9.52. The molecule has 0 bridgehead atoms. The highest BCUT2D eigenvalue weighted by Crippen LogP contribution is 2.35. The third kappa shape index (κ3) is 7.71. The van der Waals surface area contributed by atoms with Crippen LogP contribution in [0.1, 0.15) is 53.2 Å². The third-order valence-corrected chi connectivity index (χ3v) is 6.55. The van der Waals surface area contributed by atoms with E-state index in [0.29, 0.717) is 13.0 Å². The lowest BCUT2D eigenvalue weighted by atomic mass is 9.81. The second-order valence-electron chi connectivity index (χ2n) is 9.52. The molecule has 0 radical (unpaired) electrons. The van der Waals surface area contributed by atoms with Gasteiger partial charge in [0, 0.05) is 18.5 Å². The van der Waals surface area contributed by atoms with Crippen LogP contribution in [0.3, 0.4) is 0 Å². The fourth-order valence-corrected chi connectivity index (χ4v) is 4.53. The molecule has 3 atom stereocenters. The molecule has 1 heterocycles. The lowest BCUT2D eigenvalue weighted by molar-refractivity contribution is -0.140. The van der Waals surface area contributed by atoms with Gasteiger partial charge in [-0.1, -0.05) is 42.5 Å². The number of carboxylic acid groups (broad SMARTS) is 1. The molecule has 0 saturated carbocycles. The molecule has 40 heavy (non-hydrogen) atoms. The first-order valence-corrected chi connectivity index (χ1v) is 12.6. The van der Waals surface area contributed by atoms with E-state index in [4.69, 9.17) is 16.9 Å². The fraction of sp³-hybridized carbons (Fsp3) is 0.333. The zero-order chi connectivity index (χ0) is 29.3. The Balaban J connectivity index is 1.67. The van der Waals surface area contributed by atoms with Crippen LogP contribution < -0.4 is 32.7 Å². The summed E-state index contributed by atoms with van der Waals surface area (Å²) in [5.74, 6) is -4.71. The normalized spacial score (nSPS) is 16.1. The maximum absolute atomic E-state index is 13.4. The van der Waals surface area contributed by atoms with E-state index < -0.39 is 60.2 Å². The highest BCUT2D eigenvalue weighted by atomic mass is 16.4. The van der Waals surface area contributed by atoms with Crippen molar-refractivity contribution in [3.63, 3.8) is 0 Å². The number of amides is 4. The van der Waals surface area contributed by atoms with Gasteiger partial charge in [-0.25, -0.2) is 0 Å². The van der Waals surface area contributed by atoms with E-state index in [1.807, 2.05) is 24.3 Å². The van der Waals surface area contributed by atoms with E-state index in [1.54, 1.807) is 18.2 Å². The van der Waals surface area contributed by atoms with Crippen molar-refractivity contribution in [1.29, 1.82) is 5.41 Å². The van der Waals surface area contributed by atoms with Gasteiger partial charge in [0.05, 0.1) is 24.8 Å². The number of amidine groups is 1. The van der Waals surface area contributed by atoms with Gasteiger partial charge in [0.2, 0.25) is 17.7 Å². The molecule has 0 aliphatic carbocycles. The van der Waals surface area contributed by atoms with Crippen LogP contribution >= 0.6 is 0 Å². The SMILES string of the molecule is N=C(N)CCC[C@@](N)(C(=O)NCC(=O)N[C@@H](CC(=O)O)C(=O)NC(=O)c1ccccc1)C1NCc2ccccc21. The number of carboxylic acids is 1. The molecule has 0 saturated heterocycles. The van der Waals surface area contributed by atoms with E-state index in [2.05, 4.69) is 21.3 Å². The first-order valence-electron chi connectivity index (χ1n) is 12.6. The van der Waals surface area contributed by atoms with Gasteiger partial charge < -0.3 is 32.5 Å². The van der Waals surface area contributed by atoms with Crippen LogP contribution in [-0.2, 0) is 25.7 Å². The summed E-state index contributed by atoms with van der Waals surface area (Å²) in [5, 5.41) is 26.8. The molecule has 13 heteroatoms. The molecule has 1 unspecified atom stereocenters. The van der Waals surface area contributed by atoms with Gasteiger partial charge in [0.25, 0.3) is 5.91 Å². The summed E-state index contributed by atoms with van der Waals surface area (Å²) < 4.78 is 0. The molecular weight excluding hydrogens is 518 g/mol. The summed E-state index contributed by atoms with van der Waals surface area (Å²) in [6.07, 6.45) is -0.0588. The van der Waals surface area contributed by atoms with E-state index in [0.717, 1.165) is 11.1 Å². The van der Waals surface area contributed by atoms with Crippen LogP contribution in [0.5, 0.6) is 0 Å². The Morgan fingerprint density at radius 1 is 1.07 bits per heavy atom. The van der Waals surface area contributed by atoms with Crippen molar-refractivity contribution in [2.24, 2.45) is 11.5 Å². The van der Waals surface area contributed by atoms with Crippen molar-refractivity contribution in [3.05, 3.63) is 71.3 Å². The van der Waals surface area contributed by atoms with Gasteiger partial charge in [-0.3, -0.25) is 34.7 Å². The van der Waals surface area contributed by atoms with Gasteiger partial charge in [0.15, 0.2) is 0 Å². The van der Waals surface area contributed by atoms with Crippen LogP contribution in [-0.4, -0.2) is 58.7 Å². The van der Waals surface area contributed by atoms with Crippen molar-refractivity contribution < 1.29 is 29.1 Å². The number of rotatable bonds is 13. The standard InChI is InChI=1S/C27H33N7O6/c28-20(29)11-6-12-27(30,23-18-10-5-4-9-17(18)14-31-23)26(40)32-15-21(35)33-19(13-22(36)37)25(39)34-24(38)16-7-2-1-3-8-16/h1-5,7-10,19,23,31H,6,11-15,30H2,(H3,28,29)(H,32,40)(H,33,35)(H,36,37)(H,34,38,39)/t19-,23?,27-/m0/s1. The van der Waals surface area contributed by atoms with E-state index in [9.17, 15) is 29.1 Å². The van der Waals surface area contributed by atoms with Gasteiger partial charge in [-0.05, 0) is 36.1 Å². The summed E-state index contributed by atoms with van der Waals surface area (Å²) >= 11 is 0. The van der Waals surface area contributed by atoms with Crippen LogP contribution in [0.4, 0.5) is 0 Å². The minimum Gasteiger partial charge on any atom is -0.481 e. The Kier molecular flexibility index (Phi) is 10.1. The minimum absolute atomic E-state index is 0.0459. The second kappa shape index (κ2) is 13.4. The molecule has 2 aromatic rings. The predicted octanol–water partition coefficient (Wildman–Crippen LogP) is -0.333. The molecule has 10 N–H and O–H groups in total. The number of hydrogen-bond acceptors (Lipinski definition) is 8. The van der Waals surface area contributed by atoms with Crippen molar-refractivity contribution in [2.75, 3.05) is 6.54 Å². The van der Waals surface area contributed by atoms with E-state index in [1.165, 1.54) is 12.1 Å². The Morgan fingerprint density at radius 2 is 1.75 bits per heavy atom. The average molecular weight is 552 g/mol. The predicted molar refractivity (Wildman–Crippen MR) is 145 cm³/mol. The number of nitrogens with two attached hydrogens (primary N) is 2. The topological polar surface area (TPSA) is 230 Å². The first kappa shape index (κ1) is 29.9. The molecule has 0 aromatic heterocycles. The van der Waals surface area contributed by atoms with Crippen LogP contribution in [0.15, 0.2) is 54.6 Å². The monoisotopic (exact) mass is 551 g/mol. The quantitative estimate of drug-likeness (QED) is 0.120. The summed E-state index contributed by atoms with van der Waals surface area (Å²) in [6, 6.07) is 13.1. The number of carbonyl (C=O) groups is 5. The molecular formula is C27H33N7O6. The zero-order valence-electron chi connectivity index (χ0n) is 21.7. The van der Waals surface area contributed by atoms with Crippen LogP contribution in [0.25, 0.3) is 0 Å². The van der Waals surface area contributed by atoms with Gasteiger partial charge in [-0.15, -0.1) is 0 Å². The van der Waals surface area contributed by atoms with Crippen molar-refractivity contribution in [3.8, 4) is 0 Å².